The van der Waals surface area contributed by atoms with Gasteiger partial charge in [-0.15, -0.1) is 0 Å². The highest BCUT2D eigenvalue weighted by Gasteiger charge is 2.39. The minimum atomic E-state index is -0.994. The zero-order valence-corrected chi connectivity index (χ0v) is 14.6. The third kappa shape index (κ3) is 3.28. The minimum Gasteiger partial charge on any atom is -0.388 e. The van der Waals surface area contributed by atoms with Gasteiger partial charge in [0.15, 0.2) is 0 Å². The monoisotopic (exact) mass is 361 g/mol. The molecule has 0 radical (unpaired) electrons. The zero-order chi connectivity index (χ0) is 17.6. The molecule has 2 aliphatic rings. The van der Waals surface area contributed by atoms with Crippen LogP contribution in [-0.2, 0) is 11.3 Å². The van der Waals surface area contributed by atoms with Crippen LogP contribution in [0.1, 0.15) is 25.7 Å². The van der Waals surface area contributed by atoms with Crippen LogP contribution in [0.3, 0.4) is 0 Å². The fraction of sp³-hybridized carbons (Fsp3) is 0.500. The van der Waals surface area contributed by atoms with Crippen molar-refractivity contribution in [2.24, 2.45) is 5.92 Å². The molecule has 0 atom stereocenters. The Kier molecular flexibility index (Phi) is 4.04. The zero-order valence-electron chi connectivity index (χ0n) is 13.8. The van der Waals surface area contributed by atoms with Gasteiger partial charge in [0.05, 0.1) is 29.4 Å². The molecule has 25 heavy (non-hydrogen) atoms. The molecule has 132 valence electrons. The van der Waals surface area contributed by atoms with E-state index < -0.39 is 5.60 Å². The number of aliphatic hydroxyl groups is 1. The van der Waals surface area contributed by atoms with E-state index in [1.165, 1.54) is 10.9 Å². The number of carbonyl (C=O) groups excluding carboxylic acids is 1. The second kappa shape index (κ2) is 6.11. The van der Waals surface area contributed by atoms with Gasteiger partial charge in [0.1, 0.15) is 0 Å². The molecular weight excluding hydrogens is 342 g/mol. The lowest BCUT2D eigenvalue weighted by Crippen LogP contribution is -2.50. The first-order valence-electron chi connectivity index (χ1n) is 8.61. The van der Waals surface area contributed by atoms with E-state index in [2.05, 4.69) is 4.98 Å². The van der Waals surface area contributed by atoms with Crippen LogP contribution < -0.4 is 5.56 Å². The van der Waals surface area contributed by atoms with Crippen LogP contribution >= 0.6 is 11.6 Å². The van der Waals surface area contributed by atoms with Crippen molar-refractivity contribution in [1.82, 2.24) is 14.5 Å². The van der Waals surface area contributed by atoms with Crippen molar-refractivity contribution in [1.29, 1.82) is 0 Å². The average Bonchev–Trinajstić information content (AvgIpc) is 3.42. The molecule has 0 bridgehead atoms. The van der Waals surface area contributed by atoms with Crippen LogP contribution in [0.5, 0.6) is 0 Å². The third-order valence-electron chi connectivity index (χ3n) is 5.18. The summed E-state index contributed by atoms with van der Waals surface area (Å²) in [5.41, 5.74) is -0.636. The highest BCUT2D eigenvalue weighted by atomic mass is 35.5. The van der Waals surface area contributed by atoms with Crippen LogP contribution in [0, 0.1) is 5.92 Å². The number of nitrogens with zero attached hydrogens (tertiary/aromatic N) is 3. The number of benzene rings is 1. The summed E-state index contributed by atoms with van der Waals surface area (Å²) in [7, 11) is 0. The lowest BCUT2D eigenvalue weighted by Gasteiger charge is -2.38. The summed E-state index contributed by atoms with van der Waals surface area (Å²) in [6.07, 6.45) is 4.37. The molecule has 2 fully saturated rings. The fourth-order valence-electron chi connectivity index (χ4n) is 3.45. The summed E-state index contributed by atoms with van der Waals surface area (Å²) in [4.78, 5) is 30.9. The van der Waals surface area contributed by atoms with E-state index in [0.717, 1.165) is 12.8 Å². The van der Waals surface area contributed by atoms with Crippen molar-refractivity contribution in [3.05, 3.63) is 39.9 Å². The van der Waals surface area contributed by atoms with Gasteiger partial charge in [-0.3, -0.25) is 14.2 Å². The molecule has 4 rings (SSSR count). The molecule has 1 saturated heterocycles. The summed E-state index contributed by atoms with van der Waals surface area (Å²) in [6, 6.07) is 4.97. The molecule has 6 nitrogen and oxygen atoms in total. The van der Waals surface area contributed by atoms with Crippen molar-refractivity contribution in [3.63, 3.8) is 0 Å². The summed E-state index contributed by atoms with van der Waals surface area (Å²) in [6.45, 7) is 1.26. The largest absolute Gasteiger partial charge is 0.388 e. The van der Waals surface area contributed by atoms with Crippen LogP contribution in [0.25, 0.3) is 10.9 Å². The number of rotatable bonds is 3. The van der Waals surface area contributed by atoms with Gasteiger partial charge in [-0.25, -0.2) is 4.98 Å². The van der Waals surface area contributed by atoms with Crippen molar-refractivity contribution in [2.75, 3.05) is 13.1 Å². The molecule has 0 unspecified atom stereocenters. The topological polar surface area (TPSA) is 75.4 Å². The molecular formula is C18H20ClN3O3. The maximum absolute atomic E-state index is 12.6. The lowest BCUT2D eigenvalue weighted by atomic mass is 9.91. The van der Waals surface area contributed by atoms with Crippen molar-refractivity contribution >= 4 is 28.4 Å². The van der Waals surface area contributed by atoms with E-state index in [4.69, 9.17) is 11.6 Å². The summed E-state index contributed by atoms with van der Waals surface area (Å²) in [5, 5.41) is 11.9. The van der Waals surface area contributed by atoms with Gasteiger partial charge in [0.25, 0.3) is 5.56 Å². The van der Waals surface area contributed by atoms with E-state index >= 15 is 0 Å². The van der Waals surface area contributed by atoms with E-state index in [1.807, 2.05) is 4.90 Å². The van der Waals surface area contributed by atoms with E-state index in [0.29, 0.717) is 41.9 Å². The van der Waals surface area contributed by atoms with Crippen molar-refractivity contribution in [2.45, 2.75) is 37.8 Å². The lowest BCUT2D eigenvalue weighted by molar-refractivity contribution is -0.137. The Morgan fingerprint density at radius 3 is 2.72 bits per heavy atom. The number of likely N-dealkylation sites (tertiary alicyclic amines) is 1. The Bertz CT molecular complexity index is 883. The number of aromatic nitrogens is 2. The van der Waals surface area contributed by atoms with Crippen LogP contribution in [0.4, 0.5) is 0 Å². The third-order valence-corrected chi connectivity index (χ3v) is 5.42. The molecule has 1 aliphatic carbocycles. The summed E-state index contributed by atoms with van der Waals surface area (Å²) >= 11 is 5.93. The van der Waals surface area contributed by atoms with Gasteiger partial charge in [-0.1, -0.05) is 11.6 Å². The predicted octanol–water partition coefficient (Wildman–Crippen LogP) is 1.81. The number of halogens is 1. The van der Waals surface area contributed by atoms with Crippen LogP contribution in [-0.4, -0.2) is 44.2 Å². The van der Waals surface area contributed by atoms with Gasteiger partial charge in [-0.05, 0) is 43.9 Å². The molecule has 2 aromatic rings. The number of hydrogen-bond acceptors (Lipinski definition) is 4. The number of piperidine rings is 1. The summed E-state index contributed by atoms with van der Waals surface area (Å²) in [5.74, 6) is 0.411. The molecule has 1 saturated carbocycles. The first-order valence-corrected chi connectivity index (χ1v) is 8.99. The quantitative estimate of drug-likeness (QED) is 0.904. The molecule has 0 spiro atoms. The van der Waals surface area contributed by atoms with Gasteiger partial charge >= 0.3 is 0 Å². The number of hydrogen-bond donors (Lipinski definition) is 1. The molecule has 1 amide bonds. The highest BCUT2D eigenvalue weighted by molar-refractivity contribution is 6.31. The Balaban J connectivity index is 1.51. The Labute approximate surface area is 150 Å². The first-order chi connectivity index (χ1) is 12.0. The van der Waals surface area contributed by atoms with Crippen LogP contribution in [0.2, 0.25) is 5.02 Å². The van der Waals surface area contributed by atoms with Crippen molar-refractivity contribution in [3.8, 4) is 0 Å². The van der Waals surface area contributed by atoms with E-state index in [1.54, 1.807) is 18.2 Å². The molecule has 1 aliphatic heterocycles. The predicted molar refractivity (Wildman–Crippen MR) is 94.5 cm³/mol. The molecule has 1 aromatic carbocycles. The van der Waals surface area contributed by atoms with Gasteiger partial charge in [0.2, 0.25) is 5.91 Å². The van der Waals surface area contributed by atoms with Gasteiger partial charge in [-0.2, -0.15) is 0 Å². The van der Waals surface area contributed by atoms with Crippen molar-refractivity contribution < 1.29 is 9.90 Å². The molecule has 1 N–H and O–H groups in total. The second-order valence-electron chi connectivity index (χ2n) is 7.16. The smallest absolute Gasteiger partial charge is 0.261 e. The van der Waals surface area contributed by atoms with Crippen LogP contribution in [0.15, 0.2) is 29.3 Å². The van der Waals surface area contributed by atoms with E-state index in [-0.39, 0.29) is 23.9 Å². The number of fused-ring (bicyclic) bond motifs is 1. The Hall–Kier alpha value is -1.92. The Morgan fingerprint density at radius 2 is 2.04 bits per heavy atom. The molecule has 7 heteroatoms. The average molecular weight is 362 g/mol. The normalized spacial score (nSPS) is 20.0. The molecule has 2 heterocycles. The maximum Gasteiger partial charge on any atom is 0.261 e. The number of amides is 1. The van der Waals surface area contributed by atoms with E-state index in [9.17, 15) is 14.7 Å². The SMILES string of the molecule is O=C(C1CC1)N1CCC(O)(Cn2cnc3cc(Cl)ccc3c2=O)CC1. The molecule has 1 aromatic heterocycles. The first kappa shape index (κ1) is 16.5. The highest BCUT2D eigenvalue weighted by Crippen LogP contribution is 2.33. The Morgan fingerprint density at radius 1 is 1.32 bits per heavy atom. The second-order valence-corrected chi connectivity index (χ2v) is 7.60. The number of carbonyl (C=O) groups is 1. The van der Waals surface area contributed by atoms with Gasteiger partial charge < -0.3 is 10.0 Å². The summed E-state index contributed by atoms with van der Waals surface area (Å²) < 4.78 is 1.45. The standard InChI is InChI=1S/C18H20ClN3O3/c19-13-3-4-14-15(9-13)20-11-22(17(14)24)10-18(25)5-7-21(8-6-18)16(23)12-1-2-12/h3-4,9,11-12,25H,1-2,5-8,10H2. The minimum absolute atomic E-state index is 0.183. The fourth-order valence-corrected chi connectivity index (χ4v) is 3.62. The van der Waals surface area contributed by atoms with Gasteiger partial charge in [0, 0.05) is 24.0 Å². The maximum atomic E-state index is 12.6.